The molecular weight excluding hydrogens is 258 g/mol. The molecule has 0 bridgehead atoms. The van der Waals surface area contributed by atoms with Crippen molar-refractivity contribution in [2.24, 2.45) is 13.0 Å². The summed E-state index contributed by atoms with van der Waals surface area (Å²) in [5.74, 6) is -1.37. The summed E-state index contributed by atoms with van der Waals surface area (Å²) in [6.07, 6.45) is 0.584. The van der Waals surface area contributed by atoms with E-state index < -0.39 is 5.97 Å². The Bertz CT molecular complexity index is 508. The van der Waals surface area contributed by atoms with E-state index in [0.717, 1.165) is 17.0 Å². The molecule has 0 spiro atoms. The average molecular weight is 281 g/mol. The highest BCUT2D eigenvalue weighted by atomic mass is 16.4. The van der Waals surface area contributed by atoms with Crippen molar-refractivity contribution in [1.29, 1.82) is 0 Å². The predicted octanol–water partition coefficient (Wildman–Crippen LogP) is 1.15. The molecule has 0 aliphatic heterocycles. The maximum absolute atomic E-state index is 12.3. The number of carboxylic acid groups (broad SMARTS) is 1. The van der Waals surface area contributed by atoms with Crippen molar-refractivity contribution >= 4 is 11.9 Å². The SMILES string of the molecule is CCN(CC(=O)O)C(=O)C(C)Cc1c(C)nn(C)c1C. The van der Waals surface area contributed by atoms with E-state index in [1.54, 1.807) is 11.6 Å². The summed E-state index contributed by atoms with van der Waals surface area (Å²) < 4.78 is 1.80. The van der Waals surface area contributed by atoms with Crippen molar-refractivity contribution in [3.63, 3.8) is 0 Å². The molecule has 0 aliphatic carbocycles. The van der Waals surface area contributed by atoms with Gasteiger partial charge in [-0.3, -0.25) is 14.3 Å². The molecule has 1 aromatic rings. The summed E-state index contributed by atoms with van der Waals surface area (Å²) in [5, 5.41) is 13.2. The van der Waals surface area contributed by atoms with E-state index in [0.29, 0.717) is 13.0 Å². The number of hydrogen-bond donors (Lipinski definition) is 1. The van der Waals surface area contributed by atoms with Crippen LogP contribution in [0.2, 0.25) is 0 Å². The number of aromatic nitrogens is 2. The third-order valence-corrected chi connectivity index (χ3v) is 3.61. The highest BCUT2D eigenvalue weighted by molar-refractivity contribution is 5.83. The molecule has 0 radical (unpaired) electrons. The quantitative estimate of drug-likeness (QED) is 0.848. The van der Waals surface area contributed by atoms with Crippen LogP contribution < -0.4 is 0 Å². The van der Waals surface area contributed by atoms with Crippen LogP contribution in [0.15, 0.2) is 0 Å². The fraction of sp³-hybridized carbons (Fsp3) is 0.643. The number of carbonyl (C=O) groups excluding carboxylic acids is 1. The summed E-state index contributed by atoms with van der Waals surface area (Å²) in [5.41, 5.74) is 3.04. The van der Waals surface area contributed by atoms with Crippen molar-refractivity contribution in [1.82, 2.24) is 14.7 Å². The number of aryl methyl sites for hydroxylation is 2. The monoisotopic (exact) mass is 281 g/mol. The molecule has 1 atom stereocenters. The van der Waals surface area contributed by atoms with Crippen molar-refractivity contribution in [2.75, 3.05) is 13.1 Å². The molecule has 1 rings (SSSR count). The van der Waals surface area contributed by atoms with Gasteiger partial charge in [-0.15, -0.1) is 0 Å². The van der Waals surface area contributed by atoms with E-state index in [-0.39, 0.29) is 18.4 Å². The molecule has 1 heterocycles. The van der Waals surface area contributed by atoms with Gasteiger partial charge in [-0.05, 0) is 32.8 Å². The minimum absolute atomic E-state index is 0.127. The number of nitrogens with zero attached hydrogens (tertiary/aromatic N) is 3. The molecule has 1 amide bonds. The van der Waals surface area contributed by atoms with Gasteiger partial charge in [0.2, 0.25) is 5.91 Å². The largest absolute Gasteiger partial charge is 0.480 e. The Morgan fingerprint density at radius 1 is 1.40 bits per heavy atom. The first-order chi connectivity index (χ1) is 9.27. The Kier molecular flexibility index (Phi) is 5.30. The second-order valence-electron chi connectivity index (χ2n) is 5.12. The van der Waals surface area contributed by atoms with Crippen LogP contribution in [-0.2, 0) is 23.1 Å². The number of carboxylic acids is 1. The van der Waals surface area contributed by atoms with Gasteiger partial charge in [-0.1, -0.05) is 6.92 Å². The Morgan fingerprint density at radius 3 is 2.40 bits per heavy atom. The third kappa shape index (κ3) is 3.59. The number of carbonyl (C=O) groups is 2. The van der Waals surface area contributed by atoms with E-state index in [1.165, 1.54) is 4.90 Å². The second-order valence-corrected chi connectivity index (χ2v) is 5.12. The minimum Gasteiger partial charge on any atom is -0.480 e. The molecule has 20 heavy (non-hydrogen) atoms. The topological polar surface area (TPSA) is 75.4 Å². The van der Waals surface area contributed by atoms with E-state index in [2.05, 4.69) is 5.10 Å². The number of likely N-dealkylation sites (N-methyl/N-ethyl adjacent to an activating group) is 1. The van der Waals surface area contributed by atoms with Gasteiger partial charge in [0.25, 0.3) is 0 Å². The van der Waals surface area contributed by atoms with E-state index >= 15 is 0 Å². The van der Waals surface area contributed by atoms with Crippen molar-refractivity contribution < 1.29 is 14.7 Å². The zero-order valence-electron chi connectivity index (χ0n) is 12.8. The van der Waals surface area contributed by atoms with Crippen LogP contribution in [0.1, 0.15) is 30.8 Å². The highest BCUT2D eigenvalue weighted by Gasteiger charge is 2.23. The molecule has 0 aromatic carbocycles. The molecule has 6 heteroatoms. The van der Waals surface area contributed by atoms with Gasteiger partial charge in [0.1, 0.15) is 6.54 Å². The van der Waals surface area contributed by atoms with Crippen LogP contribution in [0.3, 0.4) is 0 Å². The lowest BCUT2D eigenvalue weighted by atomic mass is 9.98. The summed E-state index contributed by atoms with van der Waals surface area (Å²) in [7, 11) is 1.88. The summed E-state index contributed by atoms with van der Waals surface area (Å²) >= 11 is 0. The maximum atomic E-state index is 12.3. The standard InChI is InChI=1S/C14H23N3O3/c1-6-17(8-13(18)19)14(20)9(2)7-12-10(3)15-16(5)11(12)4/h9H,6-8H2,1-5H3,(H,18,19). The highest BCUT2D eigenvalue weighted by Crippen LogP contribution is 2.18. The lowest BCUT2D eigenvalue weighted by Crippen LogP contribution is -2.39. The van der Waals surface area contributed by atoms with Gasteiger partial charge in [-0.25, -0.2) is 0 Å². The molecule has 1 unspecified atom stereocenters. The minimum atomic E-state index is -0.985. The lowest BCUT2D eigenvalue weighted by Gasteiger charge is -2.22. The summed E-state index contributed by atoms with van der Waals surface area (Å²) in [6, 6.07) is 0. The zero-order valence-corrected chi connectivity index (χ0v) is 12.8. The Labute approximate surface area is 119 Å². The van der Waals surface area contributed by atoms with Gasteiger partial charge >= 0.3 is 5.97 Å². The van der Waals surface area contributed by atoms with Gasteiger partial charge in [-0.2, -0.15) is 5.10 Å². The van der Waals surface area contributed by atoms with Crippen LogP contribution in [0, 0.1) is 19.8 Å². The van der Waals surface area contributed by atoms with Crippen LogP contribution in [-0.4, -0.2) is 44.8 Å². The Balaban J connectivity index is 2.81. The zero-order chi connectivity index (χ0) is 15.4. The number of rotatable bonds is 6. The molecule has 112 valence electrons. The van der Waals surface area contributed by atoms with Gasteiger partial charge in [0.05, 0.1) is 5.69 Å². The first-order valence-corrected chi connectivity index (χ1v) is 6.77. The maximum Gasteiger partial charge on any atom is 0.323 e. The first kappa shape index (κ1) is 16.2. The smallest absolute Gasteiger partial charge is 0.323 e. The van der Waals surface area contributed by atoms with Crippen LogP contribution in [0.25, 0.3) is 0 Å². The molecular formula is C14H23N3O3. The number of amides is 1. The van der Waals surface area contributed by atoms with E-state index in [9.17, 15) is 9.59 Å². The Hall–Kier alpha value is -1.85. The van der Waals surface area contributed by atoms with Crippen molar-refractivity contribution in [2.45, 2.75) is 34.1 Å². The van der Waals surface area contributed by atoms with Gasteiger partial charge < -0.3 is 10.0 Å². The van der Waals surface area contributed by atoms with Crippen LogP contribution >= 0.6 is 0 Å². The van der Waals surface area contributed by atoms with Gasteiger partial charge in [0.15, 0.2) is 0 Å². The molecule has 0 saturated heterocycles. The van der Waals surface area contributed by atoms with E-state index in [4.69, 9.17) is 5.11 Å². The molecule has 1 N–H and O–H groups in total. The second kappa shape index (κ2) is 6.54. The van der Waals surface area contributed by atoms with Crippen molar-refractivity contribution in [3.8, 4) is 0 Å². The Morgan fingerprint density at radius 2 is 2.00 bits per heavy atom. The molecule has 6 nitrogen and oxygen atoms in total. The molecule has 1 aromatic heterocycles. The van der Waals surface area contributed by atoms with Crippen LogP contribution in [0.5, 0.6) is 0 Å². The fourth-order valence-corrected chi connectivity index (χ4v) is 2.33. The van der Waals surface area contributed by atoms with Crippen LogP contribution in [0.4, 0.5) is 0 Å². The number of aliphatic carboxylic acids is 1. The van der Waals surface area contributed by atoms with E-state index in [1.807, 2.05) is 27.8 Å². The molecule has 0 aliphatic rings. The third-order valence-electron chi connectivity index (χ3n) is 3.61. The normalized spacial score (nSPS) is 12.2. The van der Waals surface area contributed by atoms with Crippen molar-refractivity contribution in [3.05, 3.63) is 17.0 Å². The van der Waals surface area contributed by atoms with Gasteiger partial charge in [0, 0.05) is 25.2 Å². The predicted molar refractivity (Wildman–Crippen MR) is 75.4 cm³/mol. The fourth-order valence-electron chi connectivity index (χ4n) is 2.33. The summed E-state index contributed by atoms with van der Waals surface area (Å²) in [6.45, 7) is 7.67. The summed E-state index contributed by atoms with van der Waals surface area (Å²) in [4.78, 5) is 24.4. The molecule has 0 fully saturated rings. The molecule has 0 saturated carbocycles. The average Bonchev–Trinajstić information content (AvgIpc) is 2.61. The number of hydrogen-bond acceptors (Lipinski definition) is 3. The first-order valence-electron chi connectivity index (χ1n) is 6.77. The lowest BCUT2D eigenvalue weighted by molar-refractivity contribution is -0.145.